The van der Waals surface area contributed by atoms with Crippen LogP contribution in [0.3, 0.4) is 0 Å². The molecule has 47 heavy (non-hydrogen) atoms. The number of rotatable bonds is 11. The van der Waals surface area contributed by atoms with Crippen LogP contribution in [0.4, 0.5) is 27.3 Å². The summed E-state index contributed by atoms with van der Waals surface area (Å²) in [4.78, 5) is 28.9. The first-order valence-electron chi connectivity index (χ1n) is 15.6. The number of ether oxygens (including phenoxy) is 3. The van der Waals surface area contributed by atoms with Crippen molar-refractivity contribution in [3.63, 3.8) is 0 Å². The fourth-order valence-electron chi connectivity index (χ4n) is 5.80. The summed E-state index contributed by atoms with van der Waals surface area (Å²) in [5, 5.41) is 3.50. The molecule has 0 bridgehead atoms. The van der Waals surface area contributed by atoms with Crippen molar-refractivity contribution < 1.29 is 23.4 Å². The highest BCUT2D eigenvalue weighted by Gasteiger charge is 2.30. The first-order chi connectivity index (χ1) is 22.6. The van der Waals surface area contributed by atoms with Crippen molar-refractivity contribution >= 4 is 41.3 Å². The van der Waals surface area contributed by atoms with E-state index in [2.05, 4.69) is 45.4 Å². The van der Waals surface area contributed by atoms with Crippen LogP contribution in [0.1, 0.15) is 38.2 Å². The highest BCUT2D eigenvalue weighted by atomic mass is 19.1. The number of pyridine rings is 1. The maximum Gasteiger partial charge on any atom is 0.245 e. The van der Waals surface area contributed by atoms with Gasteiger partial charge in [0.05, 0.1) is 24.1 Å². The molecule has 1 amide bonds. The maximum atomic E-state index is 15.3. The second-order valence-electron chi connectivity index (χ2n) is 11.9. The highest BCUT2D eigenvalue weighted by Crippen LogP contribution is 2.36. The lowest BCUT2D eigenvalue weighted by atomic mass is 9.93. The summed E-state index contributed by atoms with van der Waals surface area (Å²) in [6.45, 7) is 12.2. The molecule has 0 saturated carbocycles. The Kier molecular flexibility index (Phi) is 10.4. The van der Waals surface area contributed by atoms with E-state index in [-0.39, 0.29) is 29.1 Å². The third kappa shape index (κ3) is 7.89. The molecular weight excluding hydrogens is 601 g/mol. The summed E-state index contributed by atoms with van der Waals surface area (Å²) >= 11 is 0. The number of nitrogens with two attached hydrogens (primary N) is 1. The van der Waals surface area contributed by atoms with Gasteiger partial charge in [0.25, 0.3) is 0 Å². The molecule has 1 aromatic heterocycles. The minimum absolute atomic E-state index is 0.0411. The lowest BCUT2D eigenvalue weighted by Crippen LogP contribution is -2.44. The van der Waals surface area contributed by atoms with Crippen LogP contribution in [0, 0.1) is 5.82 Å². The van der Waals surface area contributed by atoms with Gasteiger partial charge in [-0.1, -0.05) is 6.58 Å². The average Bonchev–Trinajstić information content (AvgIpc) is 3.09. The molecule has 2 aromatic carbocycles. The van der Waals surface area contributed by atoms with Crippen molar-refractivity contribution in [2.24, 2.45) is 15.7 Å². The van der Waals surface area contributed by atoms with Gasteiger partial charge in [0, 0.05) is 69.3 Å². The van der Waals surface area contributed by atoms with Gasteiger partial charge in [-0.3, -0.25) is 9.79 Å². The largest absolute Gasteiger partial charge is 0.495 e. The molecule has 3 aromatic rings. The van der Waals surface area contributed by atoms with Crippen molar-refractivity contribution in [1.29, 1.82) is 0 Å². The summed E-state index contributed by atoms with van der Waals surface area (Å²) in [6.07, 6.45) is 6.29. The molecule has 2 fully saturated rings. The zero-order chi connectivity index (χ0) is 33.6. The normalized spacial score (nSPS) is 16.8. The molecule has 12 heteroatoms. The second kappa shape index (κ2) is 14.6. The first kappa shape index (κ1) is 33.4. The van der Waals surface area contributed by atoms with E-state index < -0.39 is 5.82 Å². The molecule has 11 nitrogen and oxygen atoms in total. The predicted octanol–water partition coefficient (Wildman–Crippen LogP) is 5.98. The van der Waals surface area contributed by atoms with Gasteiger partial charge < -0.3 is 35.1 Å². The fourth-order valence-corrected chi connectivity index (χ4v) is 5.80. The number of aliphatic imine (C=N–C) groups is 2. The van der Waals surface area contributed by atoms with E-state index in [0.717, 1.165) is 44.6 Å². The number of nitrogens with zero attached hydrogens (tertiary/aromatic N) is 5. The van der Waals surface area contributed by atoms with Gasteiger partial charge in [-0.05, 0) is 69.7 Å². The van der Waals surface area contributed by atoms with E-state index in [1.54, 1.807) is 49.6 Å². The van der Waals surface area contributed by atoms with E-state index >= 15 is 4.39 Å². The van der Waals surface area contributed by atoms with E-state index in [0.29, 0.717) is 47.3 Å². The molecule has 0 aliphatic carbocycles. The number of hydrogen-bond donors (Lipinski definition) is 2. The molecule has 2 aliphatic rings. The Morgan fingerprint density at radius 1 is 1.09 bits per heavy atom. The Hall–Kier alpha value is -4.97. The number of anilines is 2. The Labute approximate surface area is 275 Å². The van der Waals surface area contributed by atoms with Crippen LogP contribution < -0.4 is 25.4 Å². The number of benzene rings is 2. The number of amides is 1. The van der Waals surface area contributed by atoms with Crippen LogP contribution in [-0.4, -0.2) is 80.4 Å². The summed E-state index contributed by atoms with van der Waals surface area (Å²) in [5.74, 6) is 1.59. The molecule has 0 spiro atoms. The summed E-state index contributed by atoms with van der Waals surface area (Å²) < 4.78 is 32.6. The van der Waals surface area contributed by atoms with E-state index in [1.165, 1.54) is 18.2 Å². The van der Waals surface area contributed by atoms with E-state index in [1.807, 2.05) is 6.07 Å². The van der Waals surface area contributed by atoms with Crippen LogP contribution in [-0.2, 0) is 9.53 Å². The van der Waals surface area contributed by atoms with Crippen LogP contribution >= 0.6 is 0 Å². The number of hydrogen-bond acceptors (Lipinski definition) is 9. The van der Waals surface area contributed by atoms with Crippen LogP contribution in [0.2, 0.25) is 0 Å². The minimum Gasteiger partial charge on any atom is -0.495 e. The minimum atomic E-state index is -0.601. The highest BCUT2D eigenvalue weighted by molar-refractivity contribution is 6.04. The molecule has 248 valence electrons. The van der Waals surface area contributed by atoms with Crippen molar-refractivity contribution in [3.05, 3.63) is 72.7 Å². The predicted molar refractivity (Wildman–Crippen MR) is 184 cm³/mol. The Bertz CT molecular complexity index is 1650. The first-order valence-corrected chi connectivity index (χ1v) is 15.6. The number of carbonyl (C=O) groups is 1. The van der Waals surface area contributed by atoms with Gasteiger partial charge in [-0.15, -0.1) is 0 Å². The Balaban J connectivity index is 1.30. The molecule has 0 atom stereocenters. The molecule has 2 saturated heterocycles. The number of methoxy groups -OCH3 is 2. The topological polar surface area (TPSA) is 127 Å². The van der Waals surface area contributed by atoms with Crippen LogP contribution in [0.5, 0.6) is 17.2 Å². The van der Waals surface area contributed by atoms with Crippen molar-refractivity contribution in [3.8, 4) is 17.2 Å². The average molecular weight is 644 g/mol. The number of halogens is 1. The lowest BCUT2D eigenvalue weighted by Gasteiger charge is -2.38. The summed E-state index contributed by atoms with van der Waals surface area (Å²) in [5.41, 5.74) is 7.93. The molecule has 2 aliphatic heterocycles. The molecule has 3 heterocycles. The van der Waals surface area contributed by atoms with Crippen LogP contribution in [0.15, 0.2) is 71.3 Å². The van der Waals surface area contributed by atoms with Gasteiger partial charge in [-0.2, -0.15) is 0 Å². The molecular formula is C35H42FN7O4. The number of amidine groups is 1. The maximum absolute atomic E-state index is 15.3. The van der Waals surface area contributed by atoms with Crippen LogP contribution in [0.25, 0.3) is 0 Å². The van der Waals surface area contributed by atoms with Crippen molar-refractivity contribution in [2.45, 2.75) is 44.2 Å². The van der Waals surface area contributed by atoms with Gasteiger partial charge in [0.2, 0.25) is 5.91 Å². The van der Waals surface area contributed by atoms with Gasteiger partial charge in [-0.25, -0.2) is 14.4 Å². The third-order valence-corrected chi connectivity index (χ3v) is 8.86. The van der Waals surface area contributed by atoms with Gasteiger partial charge in [0.15, 0.2) is 5.82 Å². The van der Waals surface area contributed by atoms with Crippen molar-refractivity contribution in [1.82, 2.24) is 9.88 Å². The van der Waals surface area contributed by atoms with Gasteiger partial charge >= 0.3 is 0 Å². The number of aromatic nitrogens is 1. The molecule has 3 N–H and O–H groups in total. The number of nitrogens with one attached hydrogen (secondary N) is 1. The zero-order valence-electron chi connectivity index (χ0n) is 27.2. The second-order valence-corrected chi connectivity index (χ2v) is 11.9. The standard InChI is InChI=1S/C35H42FN7O4/c1-6-33(44)43-15-10-23(11-16-43)40-30-21-26(29(38-3)22-31(30)45-4)34(37)41-28-8-7-24(19-27(28)36)47-25-9-14-39-32(20-25)42-17-12-35(2,46-5)13-18-42/h6-9,14,19-23,40H,1,3,10-13,15-18H2,2,4-5H3,(H2,37,41). The SMILES string of the molecule is C=CC(=O)N1CCC(Nc2cc(C(N)=Nc3ccc(Oc4ccnc(N5CCC(C)(OC)CC5)c4)cc3F)c(N=C)cc2OC)CC1. The lowest BCUT2D eigenvalue weighted by molar-refractivity contribution is -0.126. The number of piperidine rings is 2. The zero-order valence-corrected chi connectivity index (χ0v) is 27.2. The summed E-state index contributed by atoms with van der Waals surface area (Å²) in [7, 11) is 3.31. The van der Waals surface area contributed by atoms with Crippen molar-refractivity contribution in [2.75, 3.05) is 50.6 Å². The van der Waals surface area contributed by atoms with E-state index in [4.69, 9.17) is 19.9 Å². The number of carbonyl (C=O) groups excluding carboxylic acids is 1. The molecule has 5 rings (SSSR count). The number of likely N-dealkylation sites (tertiary alicyclic amines) is 1. The monoisotopic (exact) mass is 643 g/mol. The smallest absolute Gasteiger partial charge is 0.245 e. The van der Waals surface area contributed by atoms with E-state index in [9.17, 15) is 4.79 Å². The summed E-state index contributed by atoms with van der Waals surface area (Å²) in [6, 6.07) is 11.6. The molecule has 0 unspecified atom stereocenters. The quantitative estimate of drug-likeness (QED) is 0.148. The van der Waals surface area contributed by atoms with Gasteiger partial charge in [0.1, 0.15) is 34.6 Å². The third-order valence-electron chi connectivity index (χ3n) is 8.86. The Morgan fingerprint density at radius 3 is 2.45 bits per heavy atom. The fraction of sp³-hybridized carbons (Fsp3) is 0.371. The Morgan fingerprint density at radius 2 is 1.81 bits per heavy atom. The molecule has 0 radical (unpaired) electrons.